The summed E-state index contributed by atoms with van der Waals surface area (Å²) in [6, 6.07) is 19.3. The quantitative estimate of drug-likeness (QED) is 0.416. The molecule has 0 aliphatic heterocycles. The van der Waals surface area contributed by atoms with E-state index < -0.39 is 0 Å². The minimum Gasteiger partial charge on any atom is -0.492 e. The van der Waals surface area contributed by atoms with Gasteiger partial charge in [-0.15, -0.1) is 0 Å². The Balaban J connectivity index is 1.31. The number of ether oxygens (including phenoxy) is 2. The Bertz CT molecular complexity index is 933. The van der Waals surface area contributed by atoms with Gasteiger partial charge >= 0.3 is 6.03 Å². The summed E-state index contributed by atoms with van der Waals surface area (Å²) in [7, 11) is 0. The molecule has 0 aromatic heterocycles. The number of urea groups is 1. The van der Waals surface area contributed by atoms with E-state index in [1.54, 1.807) is 0 Å². The number of amides is 2. The van der Waals surface area contributed by atoms with Crippen LogP contribution in [0.5, 0.6) is 11.5 Å². The normalized spacial score (nSPS) is 10.5. The molecular formula is C21H20Br2N2O3. The molecule has 0 saturated heterocycles. The van der Waals surface area contributed by atoms with Crippen LogP contribution >= 0.6 is 31.9 Å². The van der Waals surface area contributed by atoms with E-state index in [4.69, 9.17) is 9.47 Å². The van der Waals surface area contributed by atoms with Crippen molar-refractivity contribution in [3.05, 3.63) is 69.6 Å². The fourth-order valence-electron chi connectivity index (χ4n) is 2.54. The maximum atomic E-state index is 11.8. The number of halogens is 2. The molecule has 0 aliphatic carbocycles. The molecule has 0 fully saturated rings. The summed E-state index contributed by atoms with van der Waals surface area (Å²) in [6.45, 7) is 1.63. The second kappa shape index (κ2) is 10.3. The van der Waals surface area contributed by atoms with Gasteiger partial charge < -0.3 is 20.1 Å². The Morgan fingerprint density at radius 3 is 1.96 bits per heavy atom. The lowest BCUT2D eigenvalue weighted by atomic mass is 10.1. The van der Waals surface area contributed by atoms with E-state index in [9.17, 15) is 4.79 Å². The van der Waals surface area contributed by atoms with E-state index in [0.29, 0.717) is 26.3 Å². The molecule has 28 heavy (non-hydrogen) atoms. The maximum absolute atomic E-state index is 11.8. The highest BCUT2D eigenvalue weighted by molar-refractivity contribution is 9.10. The van der Waals surface area contributed by atoms with E-state index in [-0.39, 0.29) is 6.03 Å². The van der Waals surface area contributed by atoms with Crippen LogP contribution in [0.4, 0.5) is 4.79 Å². The second-order valence-electron chi connectivity index (χ2n) is 5.99. The Kier molecular flexibility index (Phi) is 7.56. The minimum atomic E-state index is -0.244. The molecular weight excluding hydrogens is 488 g/mol. The molecule has 5 nitrogen and oxygen atoms in total. The van der Waals surface area contributed by atoms with Crippen molar-refractivity contribution in [2.75, 3.05) is 26.3 Å². The van der Waals surface area contributed by atoms with Crippen molar-refractivity contribution < 1.29 is 14.3 Å². The predicted octanol–water partition coefficient (Wildman–Crippen LogP) is 5.12. The van der Waals surface area contributed by atoms with E-state index in [2.05, 4.69) is 48.6 Å². The fourth-order valence-corrected chi connectivity index (χ4v) is 3.19. The van der Waals surface area contributed by atoms with Gasteiger partial charge in [0.2, 0.25) is 0 Å². The van der Waals surface area contributed by atoms with Crippen LogP contribution in [0.3, 0.4) is 0 Å². The number of carbonyl (C=O) groups excluding carboxylic acids is 1. The first-order valence-electron chi connectivity index (χ1n) is 8.82. The fraction of sp³-hybridized carbons (Fsp3) is 0.190. The molecule has 2 N–H and O–H groups in total. The van der Waals surface area contributed by atoms with Crippen LogP contribution in [0.25, 0.3) is 10.8 Å². The van der Waals surface area contributed by atoms with Gasteiger partial charge in [0.25, 0.3) is 0 Å². The van der Waals surface area contributed by atoms with Crippen LogP contribution in [0.1, 0.15) is 0 Å². The van der Waals surface area contributed by atoms with Crippen molar-refractivity contribution in [3.8, 4) is 11.5 Å². The monoisotopic (exact) mass is 506 g/mol. The number of fused-ring (bicyclic) bond motifs is 1. The summed E-state index contributed by atoms with van der Waals surface area (Å²) >= 11 is 6.84. The van der Waals surface area contributed by atoms with Gasteiger partial charge in [-0.05, 0) is 59.3 Å². The predicted molar refractivity (Wildman–Crippen MR) is 118 cm³/mol. The van der Waals surface area contributed by atoms with Crippen LogP contribution in [0.2, 0.25) is 0 Å². The SMILES string of the molecule is O=C(NCCOc1ccc(Br)cc1)NCCOc1ccc2cc(Br)ccc2c1. The van der Waals surface area contributed by atoms with Gasteiger partial charge in [0.15, 0.2) is 0 Å². The third kappa shape index (κ3) is 6.42. The van der Waals surface area contributed by atoms with E-state index in [0.717, 1.165) is 31.2 Å². The zero-order valence-electron chi connectivity index (χ0n) is 15.1. The third-order valence-corrected chi connectivity index (χ3v) is 4.92. The van der Waals surface area contributed by atoms with Crippen LogP contribution in [0, 0.1) is 0 Å². The van der Waals surface area contributed by atoms with Gasteiger partial charge in [-0.3, -0.25) is 0 Å². The van der Waals surface area contributed by atoms with Crippen LogP contribution in [0.15, 0.2) is 69.6 Å². The molecule has 146 valence electrons. The Hall–Kier alpha value is -2.25. The summed E-state index contributed by atoms with van der Waals surface area (Å²) in [5, 5.41) is 7.76. The zero-order valence-corrected chi connectivity index (χ0v) is 18.3. The first-order valence-corrected chi connectivity index (χ1v) is 10.4. The molecule has 0 spiro atoms. The summed E-state index contributed by atoms with van der Waals surface area (Å²) in [4.78, 5) is 11.8. The van der Waals surface area contributed by atoms with Crippen molar-refractivity contribution in [1.29, 1.82) is 0 Å². The van der Waals surface area contributed by atoms with Crippen LogP contribution in [-0.4, -0.2) is 32.3 Å². The molecule has 0 saturated carbocycles. The van der Waals surface area contributed by atoms with Gasteiger partial charge in [0.1, 0.15) is 24.7 Å². The summed E-state index contributed by atoms with van der Waals surface area (Å²) < 4.78 is 13.3. The minimum absolute atomic E-state index is 0.244. The Labute approximate surface area is 180 Å². The highest BCUT2D eigenvalue weighted by Gasteiger charge is 2.01. The van der Waals surface area contributed by atoms with E-state index in [1.807, 2.05) is 54.6 Å². The molecule has 0 heterocycles. The molecule has 0 unspecified atom stereocenters. The average Bonchev–Trinajstić information content (AvgIpc) is 2.70. The lowest BCUT2D eigenvalue weighted by Gasteiger charge is -2.10. The average molecular weight is 508 g/mol. The van der Waals surface area contributed by atoms with Gasteiger partial charge in [-0.25, -0.2) is 4.79 Å². The second-order valence-corrected chi connectivity index (χ2v) is 7.82. The van der Waals surface area contributed by atoms with E-state index >= 15 is 0 Å². The molecule has 3 aromatic rings. The number of carbonyl (C=O) groups is 1. The molecule has 0 aliphatic rings. The Morgan fingerprint density at radius 1 is 0.714 bits per heavy atom. The summed E-state index contributed by atoms with van der Waals surface area (Å²) in [6.07, 6.45) is 0. The highest BCUT2D eigenvalue weighted by Crippen LogP contribution is 2.24. The topological polar surface area (TPSA) is 59.6 Å². The molecule has 3 rings (SSSR count). The lowest BCUT2D eigenvalue weighted by molar-refractivity contribution is 0.232. The zero-order chi connectivity index (χ0) is 19.8. The largest absolute Gasteiger partial charge is 0.492 e. The molecule has 7 heteroatoms. The van der Waals surface area contributed by atoms with Crippen molar-refractivity contribution in [2.45, 2.75) is 0 Å². The van der Waals surface area contributed by atoms with Crippen LogP contribution < -0.4 is 20.1 Å². The number of benzene rings is 3. The van der Waals surface area contributed by atoms with Crippen molar-refractivity contribution in [1.82, 2.24) is 10.6 Å². The Morgan fingerprint density at radius 2 is 1.25 bits per heavy atom. The molecule has 0 bridgehead atoms. The van der Waals surface area contributed by atoms with Crippen molar-refractivity contribution >= 4 is 48.7 Å². The first-order chi connectivity index (χ1) is 13.6. The van der Waals surface area contributed by atoms with Gasteiger partial charge in [-0.2, -0.15) is 0 Å². The maximum Gasteiger partial charge on any atom is 0.315 e. The molecule has 0 radical (unpaired) electrons. The van der Waals surface area contributed by atoms with Gasteiger partial charge in [0, 0.05) is 8.95 Å². The van der Waals surface area contributed by atoms with Gasteiger partial charge in [-0.1, -0.05) is 44.0 Å². The lowest BCUT2D eigenvalue weighted by Crippen LogP contribution is -2.39. The molecule has 3 aromatic carbocycles. The number of hydrogen-bond acceptors (Lipinski definition) is 3. The van der Waals surface area contributed by atoms with Crippen molar-refractivity contribution in [3.63, 3.8) is 0 Å². The highest BCUT2D eigenvalue weighted by atomic mass is 79.9. The molecule has 0 atom stereocenters. The molecule has 2 amide bonds. The van der Waals surface area contributed by atoms with Gasteiger partial charge in [0.05, 0.1) is 13.1 Å². The van der Waals surface area contributed by atoms with Crippen LogP contribution in [-0.2, 0) is 0 Å². The standard InChI is InChI=1S/C21H20Br2N2O3/c22-17-4-7-19(8-5-17)27-11-9-24-21(26)25-10-12-28-20-6-2-15-13-18(23)3-1-16(15)14-20/h1-8,13-14H,9-12H2,(H2,24,25,26). The number of nitrogens with one attached hydrogen (secondary N) is 2. The first kappa shape index (κ1) is 20.5. The number of hydrogen-bond donors (Lipinski definition) is 2. The van der Waals surface area contributed by atoms with Crippen molar-refractivity contribution in [2.24, 2.45) is 0 Å². The summed E-state index contributed by atoms with van der Waals surface area (Å²) in [5.74, 6) is 1.54. The smallest absolute Gasteiger partial charge is 0.315 e. The summed E-state index contributed by atoms with van der Waals surface area (Å²) in [5.41, 5.74) is 0. The number of rotatable bonds is 8. The third-order valence-electron chi connectivity index (χ3n) is 3.90. The van der Waals surface area contributed by atoms with E-state index in [1.165, 1.54) is 0 Å².